The molecule has 0 aliphatic heterocycles. The molecular weight excluding hydrogens is 394 g/mol. The van der Waals surface area contributed by atoms with Crippen LogP contribution >= 0.6 is 23.5 Å². The number of carbonyl (C=O) groups is 1. The van der Waals surface area contributed by atoms with E-state index >= 15 is 0 Å². The predicted octanol–water partition coefficient (Wildman–Crippen LogP) is 3.68. The maximum Gasteiger partial charge on any atom is 0.234 e. The molecule has 0 aliphatic rings. The third kappa shape index (κ3) is 5.14. The number of thioether (sulfide) groups is 2. The third-order valence-corrected chi connectivity index (χ3v) is 5.60. The molecule has 2 aromatic carbocycles. The average Bonchev–Trinajstić information content (AvgIpc) is 3.20. The van der Waals surface area contributed by atoms with Crippen molar-refractivity contribution in [1.82, 2.24) is 20.2 Å². The summed E-state index contributed by atoms with van der Waals surface area (Å²) in [6.07, 6.45) is 1.83. The van der Waals surface area contributed by atoms with Gasteiger partial charge in [0, 0.05) is 10.6 Å². The minimum atomic E-state index is -0.124. The monoisotopic (exact) mass is 413 g/mol. The van der Waals surface area contributed by atoms with Gasteiger partial charge in [0.1, 0.15) is 5.75 Å². The quantitative estimate of drug-likeness (QED) is 0.423. The van der Waals surface area contributed by atoms with E-state index in [0.717, 1.165) is 27.8 Å². The van der Waals surface area contributed by atoms with Crippen LogP contribution in [0, 0.1) is 0 Å². The summed E-state index contributed by atoms with van der Waals surface area (Å²) in [4.78, 5) is 13.4. The lowest BCUT2D eigenvalue weighted by atomic mass is 10.3. The summed E-state index contributed by atoms with van der Waals surface area (Å²) in [6, 6.07) is 15.1. The predicted molar refractivity (Wildman–Crippen MR) is 112 cm³/mol. The highest BCUT2D eigenvalue weighted by molar-refractivity contribution is 8.00. The van der Waals surface area contributed by atoms with E-state index in [-0.39, 0.29) is 11.7 Å². The number of hydrogen-bond acceptors (Lipinski definition) is 7. The molecule has 9 heteroatoms. The Morgan fingerprint density at radius 2 is 2.00 bits per heavy atom. The topological polar surface area (TPSA) is 81.9 Å². The molecule has 28 heavy (non-hydrogen) atoms. The van der Waals surface area contributed by atoms with Gasteiger partial charge in [-0.2, -0.15) is 4.68 Å². The van der Waals surface area contributed by atoms with Crippen LogP contribution < -0.4 is 10.1 Å². The second-order valence-corrected chi connectivity index (χ2v) is 7.51. The zero-order valence-corrected chi connectivity index (χ0v) is 16.9. The maximum atomic E-state index is 12.4. The van der Waals surface area contributed by atoms with Crippen molar-refractivity contribution in [3.8, 4) is 11.4 Å². The van der Waals surface area contributed by atoms with Gasteiger partial charge in [-0.05, 0) is 46.8 Å². The lowest BCUT2D eigenvalue weighted by Gasteiger charge is -2.10. The van der Waals surface area contributed by atoms with Gasteiger partial charge in [0.2, 0.25) is 11.1 Å². The zero-order valence-electron chi connectivity index (χ0n) is 15.2. The number of amides is 1. The summed E-state index contributed by atoms with van der Waals surface area (Å²) in [6.45, 7) is 3.73. The van der Waals surface area contributed by atoms with Gasteiger partial charge in [-0.1, -0.05) is 30.0 Å². The Morgan fingerprint density at radius 1 is 1.21 bits per heavy atom. The van der Waals surface area contributed by atoms with E-state index in [1.165, 1.54) is 11.8 Å². The van der Waals surface area contributed by atoms with Gasteiger partial charge in [-0.25, -0.2) is 0 Å². The number of para-hydroxylation sites is 1. The molecule has 1 amide bonds. The molecule has 0 radical (unpaired) electrons. The standard InChI is InChI=1S/C19H19N5O2S2/c1-3-12-27-17-7-5-4-6-16(17)20-18(25)13-28-19-21-22-23-24(19)14-8-10-15(26-2)11-9-14/h3-11H,1,12-13H2,2H3,(H,20,25). The van der Waals surface area contributed by atoms with Gasteiger partial charge >= 0.3 is 0 Å². The maximum absolute atomic E-state index is 12.4. The smallest absolute Gasteiger partial charge is 0.234 e. The fourth-order valence-electron chi connectivity index (χ4n) is 2.32. The molecule has 0 bridgehead atoms. The zero-order chi connectivity index (χ0) is 19.8. The van der Waals surface area contributed by atoms with Crippen molar-refractivity contribution in [1.29, 1.82) is 0 Å². The fraction of sp³-hybridized carbons (Fsp3) is 0.158. The van der Waals surface area contributed by atoms with Crippen LogP contribution in [0.5, 0.6) is 5.75 Å². The largest absolute Gasteiger partial charge is 0.497 e. The molecule has 1 aromatic heterocycles. The van der Waals surface area contributed by atoms with E-state index in [9.17, 15) is 4.79 Å². The van der Waals surface area contributed by atoms with Crippen molar-refractivity contribution < 1.29 is 9.53 Å². The first kappa shape index (κ1) is 20.0. The number of anilines is 1. The van der Waals surface area contributed by atoms with Gasteiger partial charge in [0.25, 0.3) is 0 Å². The molecule has 1 N–H and O–H groups in total. The van der Waals surface area contributed by atoms with Crippen molar-refractivity contribution in [3.63, 3.8) is 0 Å². The van der Waals surface area contributed by atoms with Crippen LogP contribution in [0.25, 0.3) is 5.69 Å². The Kier molecular flexibility index (Phi) is 7.10. The second-order valence-electron chi connectivity index (χ2n) is 5.50. The number of aromatic nitrogens is 4. The van der Waals surface area contributed by atoms with E-state index in [2.05, 4.69) is 27.4 Å². The van der Waals surface area contributed by atoms with Gasteiger partial charge in [-0.3, -0.25) is 4.79 Å². The summed E-state index contributed by atoms with van der Waals surface area (Å²) >= 11 is 2.89. The Balaban J connectivity index is 1.63. The summed E-state index contributed by atoms with van der Waals surface area (Å²) < 4.78 is 6.75. The number of methoxy groups -OCH3 is 1. The van der Waals surface area contributed by atoms with E-state index < -0.39 is 0 Å². The molecule has 0 saturated carbocycles. The first-order valence-corrected chi connectivity index (χ1v) is 10.4. The van der Waals surface area contributed by atoms with Crippen molar-refractivity contribution >= 4 is 35.1 Å². The minimum Gasteiger partial charge on any atom is -0.497 e. The number of rotatable bonds is 9. The van der Waals surface area contributed by atoms with Crippen LogP contribution in [-0.2, 0) is 4.79 Å². The number of ether oxygens (including phenoxy) is 1. The molecule has 0 aliphatic carbocycles. The highest BCUT2D eigenvalue weighted by Crippen LogP contribution is 2.27. The van der Waals surface area contributed by atoms with E-state index in [1.54, 1.807) is 23.6 Å². The van der Waals surface area contributed by atoms with Crippen LogP contribution in [0.2, 0.25) is 0 Å². The van der Waals surface area contributed by atoms with Gasteiger partial charge in [0.05, 0.1) is 24.2 Å². The van der Waals surface area contributed by atoms with E-state index in [1.807, 2.05) is 54.6 Å². The summed E-state index contributed by atoms with van der Waals surface area (Å²) in [5, 5.41) is 15.2. The summed E-state index contributed by atoms with van der Waals surface area (Å²) in [7, 11) is 1.61. The Bertz CT molecular complexity index is 944. The number of benzene rings is 2. The van der Waals surface area contributed by atoms with Crippen molar-refractivity contribution in [2.75, 3.05) is 23.9 Å². The number of tetrazole rings is 1. The van der Waals surface area contributed by atoms with E-state index in [4.69, 9.17) is 4.74 Å². The SMILES string of the molecule is C=CCSc1ccccc1NC(=O)CSc1nnnn1-c1ccc(OC)cc1. The fourth-order valence-corrected chi connectivity index (χ4v) is 3.75. The molecule has 3 aromatic rings. The van der Waals surface area contributed by atoms with Crippen LogP contribution in [0.4, 0.5) is 5.69 Å². The van der Waals surface area contributed by atoms with Crippen LogP contribution in [0.15, 0.2) is 71.2 Å². The molecule has 7 nitrogen and oxygen atoms in total. The summed E-state index contributed by atoms with van der Waals surface area (Å²) in [5.41, 5.74) is 1.58. The Labute approximate surface area is 171 Å². The Hall–Kier alpha value is -2.78. The van der Waals surface area contributed by atoms with Gasteiger partial charge in [-0.15, -0.1) is 23.4 Å². The number of hydrogen-bond donors (Lipinski definition) is 1. The molecule has 1 heterocycles. The molecule has 0 saturated heterocycles. The van der Waals surface area contributed by atoms with Crippen molar-refractivity contribution in [2.24, 2.45) is 0 Å². The van der Waals surface area contributed by atoms with Gasteiger partial charge in [0.15, 0.2) is 0 Å². The number of nitrogens with one attached hydrogen (secondary N) is 1. The lowest BCUT2D eigenvalue weighted by Crippen LogP contribution is -2.15. The third-order valence-electron chi connectivity index (χ3n) is 3.61. The van der Waals surface area contributed by atoms with Crippen LogP contribution in [-0.4, -0.2) is 44.7 Å². The van der Waals surface area contributed by atoms with Crippen molar-refractivity contribution in [3.05, 3.63) is 61.2 Å². The molecule has 0 unspecified atom stereocenters. The lowest BCUT2D eigenvalue weighted by molar-refractivity contribution is -0.113. The average molecular weight is 414 g/mol. The van der Waals surface area contributed by atoms with Crippen LogP contribution in [0.3, 0.4) is 0 Å². The number of nitrogens with zero attached hydrogens (tertiary/aromatic N) is 4. The molecule has 3 rings (SSSR count). The molecule has 0 atom stereocenters. The Morgan fingerprint density at radius 3 is 2.75 bits per heavy atom. The molecule has 144 valence electrons. The second kappa shape index (κ2) is 9.95. The first-order valence-electron chi connectivity index (χ1n) is 8.39. The molecule has 0 fully saturated rings. The van der Waals surface area contributed by atoms with E-state index in [0.29, 0.717) is 5.16 Å². The normalized spacial score (nSPS) is 10.5. The van der Waals surface area contributed by atoms with Crippen LogP contribution in [0.1, 0.15) is 0 Å². The van der Waals surface area contributed by atoms with Gasteiger partial charge < -0.3 is 10.1 Å². The first-order chi connectivity index (χ1) is 13.7. The van der Waals surface area contributed by atoms with Crippen molar-refractivity contribution in [2.45, 2.75) is 10.1 Å². The minimum absolute atomic E-state index is 0.124. The number of carbonyl (C=O) groups excluding carboxylic acids is 1. The molecular formula is C19H19N5O2S2. The summed E-state index contributed by atoms with van der Waals surface area (Å²) in [5.74, 6) is 1.59. The highest BCUT2D eigenvalue weighted by atomic mass is 32.2. The highest BCUT2D eigenvalue weighted by Gasteiger charge is 2.13. The molecule has 0 spiro atoms.